The van der Waals surface area contributed by atoms with Crippen molar-refractivity contribution in [1.29, 1.82) is 0 Å². The summed E-state index contributed by atoms with van der Waals surface area (Å²) in [6, 6.07) is 25.3. The molecule has 0 radical (unpaired) electrons. The molecule has 0 atom stereocenters. The van der Waals surface area contributed by atoms with Gasteiger partial charge in [0.15, 0.2) is 0 Å². The molecule has 0 heterocycles. The van der Waals surface area contributed by atoms with Gasteiger partial charge in [-0.3, -0.25) is 0 Å². The van der Waals surface area contributed by atoms with E-state index in [0.717, 1.165) is 6.61 Å². The molecule has 0 spiro atoms. The van der Waals surface area contributed by atoms with E-state index in [0.29, 0.717) is 6.61 Å². The molecule has 0 aliphatic rings. The van der Waals surface area contributed by atoms with Gasteiger partial charge in [0, 0.05) is 0 Å². The number of benzene rings is 3. The zero-order valence-corrected chi connectivity index (χ0v) is 19.6. The Bertz CT molecular complexity index is 805. The summed E-state index contributed by atoms with van der Waals surface area (Å²) in [5, 5.41) is 0. The second kappa shape index (κ2) is 8.93. The van der Waals surface area contributed by atoms with Crippen LogP contribution in [0, 0.1) is 20.8 Å². The van der Waals surface area contributed by atoms with Crippen molar-refractivity contribution in [2.75, 3.05) is 6.61 Å². The number of hydrogen-bond acceptors (Lipinski definition) is 1. The molecule has 0 fully saturated rings. The molecule has 1 nitrogen and oxygen atoms in total. The molecule has 0 bridgehead atoms. The van der Waals surface area contributed by atoms with Crippen LogP contribution in [0.5, 0.6) is 0 Å². The van der Waals surface area contributed by atoms with E-state index < -0.39 is 21.8 Å². The second-order valence-corrected chi connectivity index (χ2v) is 15.3. The fourth-order valence-electron chi connectivity index (χ4n) is 3.07. The third-order valence-corrected chi connectivity index (χ3v) is 14.4. The topological polar surface area (TPSA) is 9.23 Å². The zero-order valence-electron chi connectivity index (χ0n) is 16.1. The standard InChI is InChI=1S/C10H13O.2C7H7.Bi/c1-3-11-8-10-6-4-5-9(2)7-10;2*1-7-5-3-2-4-6-7;/h4-5,7H,3,8H2,1-2H3;2*3-6H,1H3;. The molecule has 0 saturated heterocycles. The molecule has 0 aliphatic heterocycles. The van der Waals surface area contributed by atoms with Gasteiger partial charge in [0.25, 0.3) is 0 Å². The van der Waals surface area contributed by atoms with Crippen molar-refractivity contribution in [2.24, 2.45) is 0 Å². The average Bonchev–Trinajstić information content (AvgIpc) is 2.64. The maximum absolute atomic E-state index is 5.81. The van der Waals surface area contributed by atoms with E-state index in [1.54, 1.807) is 0 Å². The van der Waals surface area contributed by atoms with Crippen LogP contribution in [0.3, 0.4) is 0 Å². The molecule has 2 heteroatoms. The van der Waals surface area contributed by atoms with Crippen LogP contribution in [0.1, 0.15) is 29.2 Å². The first-order chi connectivity index (χ1) is 12.6. The minimum absolute atomic E-state index is 0.705. The number of ether oxygens (including phenoxy) is 1. The van der Waals surface area contributed by atoms with Crippen molar-refractivity contribution >= 4 is 31.6 Å². The molecule has 0 aromatic heterocycles. The van der Waals surface area contributed by atoms with Gasteiger partial charge in [-0.2, -0.15) is 0 Å². The molecule has 0 aliphatic carbocycles. The predicted molar refractivity (Wildman–Crippen MR) is 114 cm³/mol. The Morgan fingerprint density at radius 1 is 0.692 bits per heavy atom. The van der Waals surface area contributed by atoms with Crippen LogP contribution in [-0.4, -0.2) is 28.4 Å². The molecular formula is C24H27BiO. The van der Waals surface area contributed by atoms with Crippen molar-refractivity contribution in [3.63, 3.8) is 0 Å². The second-order valence-electron chi connectivity index (χ2n) is 6.78. The Morgan fingerprint density at radius 2 is 1.19 bits per heavy atom. The molecule has 3 rings (SSSR count). The van der Waals surface area contributed by atoms with Gasteiger partial charge in [-0.15, -0.1) is 0 Å². The SMILES string of the molecule is CCOCc1cc(C)cc[c]1[Bi]([c]1ccc(C)cc1)[c]1ccc(C)cc1. The molecule has 0 N–H and O–H groups in total. The average molecular weight is 540 g/mol. The first-order valence-electron chi connectivity index (χ1n) is 9.19. The Morgan fingerprint density at radius 3 is 1.69 bits per heavy atom. The zero-order chi connectivity index (χ0) is 18.5. The number of aryl methyl sites for hydroxylation is 3. The quantitative estimate of drug-likeness (QED) is 0.434. The third-order valence-electron chi connectivity index (χ3n) is 4.52. The van der Waals surface area contributed by atoms with Gasteiger partial charge in [0.1, 0.15) is 0 Å². The summed E-state index contributed by atoms with van der Waals surface area (Å²) in [5.41, 5.74) is 5.31. The third kappa shape index (κ3) is 4.61. The Kier molecular flexibility index (Phi) is 6.62. The van der Waals surface area contributed by atoms with E-state index in [4.69, 9.17) is 4.74 Å². The van der Waals surface area contributed by atoms with E-state index in [9.17, 15) is 0 Å². The van der Waals surface area contributed by atoms with Crippen LogP contribution in [0.15, 0.2) is 66.7 Å². The Hall–Kier alpha value is -1.50. The molecule has 134 valence electrons. The molecule has 26 heavy (non-hydrogen) atoms. The van der Waals surface area contributed by atoms with Crippen LogP contribution >= 0.6 is 0 Å². The summed E-state index contributed by atoms with van der Waals surface area (Å²) in [6.45, 7) is 10.0. The van der Waals surface area contributed by atoms with Gasteiger partial charge in [-0.25, -0.2) is 0 Å². The Balaban J connectivity index is 2.14. The monoisotopic (exact) mass is 540 g/mol. The molecule has 3 aromatic carbocycles. The Labute approximate surface area is 165 Å². The summed E-state index contributed by atoms with van der Waals surface area (Å²) in [7, 11) is 0. The van der Waals surface area contributed by atoms with Gasteiger partial charge >= 0.3 is 166 Å². The summed E-state index contributed by atoms with van der Waals surface area (Å²) >= 11 is -2.35. The van der Waals surface area contributed by atoms with Gasteiger partial charge in [-0.1, -0.05) is 0 Å². The summed E-state index contributed by atoms with van der Waals surface area (Å²) in [6.07, 6.45) is 0. The van der Waals surface area contributed by atoms with Crippen LogP contribution in [0.4, 0.5) is 0 Å². The fourth-order valence-corrected chi connectivity index (χ4v) is 12.4. The van der Waals surface area contributed by atoms with E-state index in [2.05, 4.69) is 94.4 Å². The fraction of sp³-hybridized carbons (Fsp3) is 0.250. The van der Waals surface area contributed by atoms with Crippen LogP contribution in [-0.2, 0) is 11.3 Å². The number of hydrogen-bond donors (Lipinski definition) is 0. The predicted octanol–water partition coefficient (Wildman–Crippen LogP) is 3.66. The molecule has 0 amide bonds. The molecule has 0 saturated carbocycles. The van der Waals surface area contributed by atoms with Gasteiger partial charge in [-0.05, 0) is 0 Å². The van der Waals surface area contributed by atoms with Crippen molar-refractivity contribution in [2.45, 2.75) is 34.3 Å². The van der Waals surface area contributed by atoms with Crippen LogP contribution in [0.2, 0.25) is 0 Å². The van der Waals surface area contributed by atoms with E-state index >= 15 is 0 Å². The van der Waals surface area contributed by atoms with Crippen LogP contribution in [0.25, 0.3) is 0 Å². The minimum atomic E-state index is -2.35. The van der Waals surface area contributed by atoms with Crippen LogP contribution < -0.4 is 9.81 Å². The van der Waals surface area contributed by atoms with E-state index in [1.807, 2.05) is 0 Å². The molecule has 3 aromatic rings. The van der Waals surface area contributed by atoms with E-state index in [1.165, 1.54) is 32.1 Å². The molecular weight excluding hydrogens is 513 g/mol. The molecule has 0 unspecified atom stereocenters. The maximum atomic E-state index is 5.81. The van der Waals surface area contributed by atoms with Gasteiger partial charge in [0.05, 0.1) is 0 Å². The first kappa shape index (κ1) is 19.3. The summed E-state index contributed by atoms with van der Waals surface area (Å²) < 4.78 is 10.4. The van der Waals surface area contributed by atoms with E-state index in [-0.39, 0.29) is 0 Å². The van der Waals surface area contributed by atoms with Crippen molar-refractivity contribution in [1.82, 2.24) is 0 Å². The first-order valence-corrected chi connectivity index (χ1v) is 14.4. The number of rotatable bonds is 6. The van der Waals surface area contributed by atoms with Crippen molar-refractivity contribution < 1.29 is 4.74 Å². The summed E-state index contributed by atoms with van der Waals surface area (Å²) in [4.78, 5) is 0. The summed E-state index contributed by atoms with van der Waals surface area (Å²) in [5.74, 6) is 0. The van der Waals surface area contributed by atoms with Gasteiger partial charge < -0.3 is 0 Å². The normalized spacial score (nSPS) is 11.1. The van der Waals surface area contributed by atoms with Crippen molar-refractivity contribution in [3.8, 4) is 0 Å². The van der Waals surface area contributed by atoms with Crippen molar-refractivity contribution in [3.05, 3.63) is 89.0 Å². The van der Waals surface area contributed by atoms with Gasteiger partial charge in [0.2, 0.25) is 0 Å².